The maximum absolute atomic E-state index is 11.7. The van der Waals surface area contributed by atoms with Crippen LogP contribution in [0.15, 0.2) is 18.2 Å². The maximum Gasteiger partial charge on any atom is 0.277 e. The van der Waals surface area contributed by atoms with Crippen molar-refractivity contribution in [1.29, 1.82) is 0 Å². The zero-order chi connectivity index (χ0) is 13.7. The van der Waals surface area contributed by atoms with Gasteiger partial charge in [-0.3, -0.25) is 19.7 Å². The summed E-state index contributed by atoms with van der Waals surface area (Å²) in [6, 6.07) is 3.67. The van der Waals surface area contributed by atoms with Crippen molar-refractivity contribution in [1.82, 2.24) is 5.48 Å². The quantitative estimate of drug-likeness (QED) is 0.471. The Morgan fingerprint density at radius 2 is 2.28 bits per heavy atom. The molecular weight excluding hydrogens is 238 g/mol. The van der Waals surface area contributed by atoms with Crippen LogP contribution in [0, 0.1) is 10.1 Å². The van der Waals surface area contributed by atoms with Crippen LogP contribution in [0.5, 0.6) is 0 Å². The highest BCUT2D eigenvalue weighted by Crippen LogP contribution is 2.19. The number of hydrogen-bond acceptors (Lipinski definition) is 5. The Kier molecular flexibility index (Phi) is 4.61. The first-order chi connectivity index (χ1) is 8.45. The van der Waals surface area contributed by atoms with Crippen LogP contribution < -0.4 is 11.2 Å². The van der Waals surface area contributed by atoms with E-state index < -0.39 is 10.8 Å². The number of nitrogens with zero attached hydrogens (tertiary/aromatic N) is 1. The van der Waals surface area contributed by atoms with Crippen LogP contribution in [-0.4, -0.2) is 16.9 Å². The molecule has 0 heterocycles. The van der Waals surface area contributed by atoms with Gasteiger partial charge in [0, 0.05) is 17.8 Å². The Morgan fingerprint density at radius 3 is 2.83 bits per heavy atom. The van der Waals surface area contributed by atoms with E-state index in [2.05, 4.69) is 5.48 Å². The monoisotopic (exact) mass is 253 g/mol. The van der Waals surface area contributed by atoms with Gasteiger partial charge < -0.3 is 5.73 Å². The van der Waals surface area contributed by atoms with E-state index in [9.17, 15) is 14.9 Å². The van der Waals surface area contributed by atoms with E-state index in [0.717, 1.165) is 12.5 Å². The molecule has 0 aliphatic carbocycles. The van der Waals surface area contributed by atoms with Crippen LogP contribution in [0.3, 0.4) is 0 Å². The number of nitro benzene ring substituents is 1. The number of nitrogens with two attached hydrogens (primary N) is 1. The highest BCUT2D eigenvalue weighted by molar-refractivity contribution is 5.99. The molecule has 98 valence electrons. The molecule has 0 aliphatic rings. The lowest BCUT2D eigenvalue weighted by Gasteiger charge is -2.11. The van der Waals surface area contributed by atoms with Crippen LogP contribution >= 0.6 is 0 Å². The molecule has 0 saturated carbocycles. The first-order valence-electron chi connectivity index (χ1n) is 5.45. The number of anilines is 1. The summed E-state index contributed by atoms with van der Waals surface area (Å²) in [5.41, 5.74) is 7.79. The minimum atomic E-state index is -0.600. The predicted octanol–water partition coefficient (Wildman–Crippen LogP) is 1.64. The second kappa shape index (κ2) is 5.97. The Morgan fingerprint density at radius 1 is 1.61 bits per heavy atom. The summed E-state index contributed by atoms with van der Waals surface area (Å²) in [5.74, 6) is -0.600. The van der Waals surface area contributed by atoms with Crippen molar-refractivity contribution < 1.29 is 14.6 Å². The van der Waals surface area contributed by atoms with Gasteiger partial charge in [-0.1, -0.05) is 6.92 Å². The van der Waals surface area contributed by atoms with E-state index in [1.165, 1.54) is 12.1 Å². The minimum absolute atomic E-state index is 0.0208. The van der Waals surface area contributed by atoms with Crippen molar-refractivity contribution in [3.63, 3.8) is 0 Å². The summed E-state index contributed by atoms with van der Waals surface area (Å²) in [5, 5.41) is 10.6. The zero-order valence-electron chi connectivity index (χ0n) is 10.2. The normalized spacial score (nSPS) is 11.9. The van der Waals surface area contributed by atoms with Crippen molar-refractivity contribution in [3.8, 4) is 0 Å². The lowest BCUT2D eigenvalue weighted by molar-refractivity contribution is -0.384. The smallest absolute Gasteiger partial charge is 0.277 e. The van der Waals surface area contributed by atoms with Gasteiger partial charge in [0.2, 0.25) is 0 Å². The fourth-order valence-corrected chi connectivity index (χ4v) is 1.15. The summed E-state index contributed by atoms with van der Waals surface area (Å²) in [6.07, 6.45) is 0.582. The summed E-state index contributed by atoms with van der Waals surface area (Å²) >= 11 is 0. The first kappa shape index (κ1) is 13.9. The second-order valence-electron chi connectivity index (χ2n) is 3.80. The molecule has 0 fully saturated rings. The van der Waals surface area contributed by atoms with Gasteiger partial charge in [0.25, 0.3) is 11.6 Å². The standard InChI is InChI=1S/C11H15N3O4/c1-3-7(2)18-13-11(15)9-6-8(14(16)17)4-5-10(9)12/h4-7H,3,12H2,1-2H3,(H,13,15)/t7-/m0/s1. The number of nitro groups is 1. The van der Waals surface area contributed by atoms with Crippen molar-refractivity contribution >= 4 is 17.3 Å². The molecule has 1 aromatic carbocycles. The van der Waals surface area contributed by atoms with Gasteiger partial charge in [-0.2, -0.15) is 0 Å². The van der Waals surface area contributed by atoms with Gasteiger partial charge in [0.15, 0.2) is 0 Å². The molecule has 7 nitrogen and oxygen atoms in total. The summed E-state index contributed by atoms with van der Waals surface area (Å²) < 4.78 is 0. The predicted molar refractivity (Wildman–Crippen MR) is 65.8 cm³/mol. The third-order valence-corrected chi connectivity index (χ3v) is 2.42. The van der Waals surface area contributed by atoms with Crippen molar-refractivity contribution in [2.24, 2.45) is 0 Å². The number of benzene rings is 1. The van der Waals surface area contributed by atoms with Gasteiger partial charge in [0.05, 0.1) is 16.6 Å². The lowest BCUT2D eigenvalue weighted by Crippen LogP contribution is -2.28. The van der Waals surface area contributed by atoms with Gasteiger partial charge >= 0.3 is 0 Å². The topological polar surface area (TPSA) is 107 Å². The number of nitrogens with one attached hydrogen (secondary N) is 1. The van der Waals surface area contributed by atoms with Crippen LogP contribution in [-0.2, 0) is 4.84 Å². The van der Waals surface area contributed by atoms with Crippen LogP contribution in [0.1, 0.15) is 30.6 Å². The number of carbonyl (C=O) groups is 1. The Bertz CT molecular complexity index is 462. The molecule has 0 aliphatic heterocycles. The largest absolute Gasteiger partial charge is 0.398 e. The van der Waals surface area contributed by atoms with Crippen molar-refractivity contribution in [2.75, 3.05) is 5.73 Å². The zero-order valence-corrected chi connectivity index (χ0v) is 10.2. The van der Waals surface area contributed by atoms with Crippen LogP contribution in [0.2, 0.25) is 0 Å². The summed E-state index contributed by atoms with van der Waals surface area (Å²) in [4.78, 5) is 26.8. The molecule has 0 unspecified atom stereocenters. The van der Waals surface area contributed by atoms with E-state index in [0.29, 0.717) is 0 Å². The summed E-state index contributed by atoms with van der Waals surface area (Å²) in [7, 11) is 0. The van der Waals surface area contributed by atoms with E-state index in [4.69, 9.17) is 10.6 Å². The summed E-state index contributed by atoms with van der Waals surface area (Å²) in [6.45, 7) is 3.69. The molecule has 0 radical (unpaired) electrons. The minimum Gasteiger partial charge on any atom is -0.398 e. The number of rotatable bonds is 5. The highest BCUT2D eigenvalue weighted by atomic mass is 16.7. The average Bonchev–Trinajstić information content (AvgIpc) is 2.35. The van der Waals surface area contributed by atoms with Crippen molar-refractivity contribution in [2.45, 2.75) is 26.4 Å². The average molecular weight is 253 g/mol. The van der Waals surface area contributed by atoms with E-state index in [1.807, 2.05) is 6.92 Å². The Balaban J connectivity index is 2.84. The second-order valence-corrected chi connectivity index (χ2v) is 3.80. The number of carbonyl (C=O) groups excluding carboxylic acids is 1. The maximum atomic E-state index is 11.7. The van der Waals surface area contributed by atoms with Gasteiger partial charge in [0.1, 0.15) is 0 Å². The third kappa shape index (κ3) is 3.42. The van der Waals surface area contributed by atoms with E-state index >= 15 is 0 Å². The highest BCUT2D eigenvalue weighted by Gasteiger charge is 2.15. The molecule has 18 heavy (non-hydrogen) atoms. The molecule has 0 aromatic heterocycles. The van der Waals surface area contributed by atoms with E-state index in [-0.39, 0.29) is 23.0 Å². The van der Waals surface area contributed by atoms with Crippen molar-refractivity contribution in [3.05, 3.63) is 33.9 Å². The molecule has 1 aromatic rings. The van der Waals surface area contributed by atoms with Gasteiger partial charge in [-0.15, -0.1) is 0 Å². The van der Waals surface area contributed by atoms with E-state index in [1.54, 1.807) is 6.92 Å². The molecule has 3 N–H and O–H groups in total. The lowest BCUT2D eigenvalue weighted by atomic mass is 10.1. The van der Waals surface area contributed by atoms with Crippen LogP contribution in [0.4, 0.5) is 11.4 Å². The molecule has 0 bridgehead atoms. The molecule has 0 spiro atoms. The number of amides is 1. The van der Waals surface area contributed by atoms with Gasteiger partial charge in [-0.05, 0) is 19.4 Å². The first-order valence-corrected chi connectivity index (χ1v) is 5.45. The fraction of sp³-hybridized carbons (Fsp3) is 0.364. The molecule has 0 saturated heterocycles. The number of non-ortho nitro benzene ring substituents is 1. The Labute approximate surface area is 104 Å². The Hall–Kier alpha value is -2.15. The number of hydroxylamine groups is 1. The number of nitrogen functional groups attached to an aromatic ring is 1. The molecule has 1 atom stereocenters. The third-order valence-electron chi connectivity index (χ3n) is 2.42. The molecule has 7 heteroatoms. The molecular formula is C11H15N3O4. The molecule has 1 amide bonds. The SMILES string of the molecule is CC[C@H](C)ONC(=O)c1cc([N+](=O)[O-])ccc1N. The number of hydrogen-bond donors (Lipinski definition) is 2. The van der Waals surface area contributed by atoms with Crippen LogP contribution in [0.25, 0.3) is 0 Å². The van der Waals surface area contributed by atoms with Gasteiger partial charge in [-0.25, -0.2) is 5.48 Å². The molecule has 1 rings (SSSR count). The fourth-order valence-electron chi connectivity index (χ4n) is 1.15.